The van der Waals surface area contributed by atoms with Crippen LogP contribution in [-0.4, -0.2) is 27.0 Å². The molecule has 0 amide bonds. The molecule has 13 heteroatoms. The van der Waals surface area contributed by atoms with Crippen LogP contribution in [-0.2, 0) is 10.9 Å². The van der Waals surface area contributed by atoms with E-state index in [1.807, 2.05) is 0 Å². The summed E-state index contributed by atoms with van der Waals surface area (Å²) in [5.41, 5.74) is -2.19. The van der Waals surface area contributed by atoms with Crippen molar-refractivity contribution in [1.29, 1.82) is 0 Å². The molecule has 2 aromatic rings. The number of halogens is 4. The molecule has 2 N–H and O–H groups in total. The number of hydrogen-bond donors (Lipinski definition) is 2. The van der Waals surface area contributed by atoms with E-state index in [2.05, 4.69) is 4.74 Å². The van der Waals surface area contributed by atoms with Gasteiger partial charge in [0.15, 0.2) is 6.35 Å². The fourth-order valence-electron chi connectivity index (χ4n) is 1.98. The molecule has 0 aliphatic carbocycles. The van der Waals surface area contributed by atoms with E-state index in [9.17, 15) is 28.1 Å². The van der Waals surface area contributed by atoms with Gasteiger partial charge in [-0.3, -0.25) is 10.1 Å². The minimum Gasteiger partial charge on any atom is -0.456 e. The topological polar surface area (TPSA) is 119 Å². The van der Waals surface area contributed by atoms with Crippen molar-refractivity contribution in [2.45, 2.75) is 6.18 Å². The van der Waals surface area contributed by atoms with E-state index >= 15 is 0 Å². The molecule has 28 heavy (non-hydrogen) atoms. The molecule has 0 bridgehead atoms. The van der Waals surface area contributed by atoms with Gasteiger partial charge in [-0.05, 0) is 24.3 Å². The molecule has 150 valence electrons. The lowest BCUT2D eigenvalue weighted by molar-refractivity contribution is -0.385. The minimum absolute atomic E-state index is 0.144. The first-order valence-electron chi connectivity index (χ1n) is 7.14. The number of alkyl halides is 3. The Kier molecular flexibility index (Phi) is 6.78. The maximum atomic E-state index is 12.7. The Morgan fingerprint density at radius 2 is 1.89 bits per heavy atom. The van der Waals surface area contributed by atoms with Crippen molar-refractivity contribution in [2.75, 3.05) is 6.35 Å². The average Bonchev–Trinajstić information content (AvgIpc) is 2.60. The van der Waals surface area contributed by atoms with Gasteiger partial charge >= 0.3 is 12.1 Å². The standard InChI is InChI=1S/C15H10ClF3NO7P/c16-11-5-8(15(17,18)19)1-4-13(11)27-9-2-3-12(20(22)23)10(6-9)14(21)26-7-28(24)25/h1-6,24-25H,7H2. The number of hydrogen-bond acceptors (Lipinski definition) is 7. The van der Waals surface area contributed by atoms with Gasteiger partial charge in [-0.2, -0.15) is 13.2 Å². The molecule has 0 radical (unpaired) electrons. The average molecular weight is 440 g/mol. The highest BCUT2D eigenvalue weighted by atomic mass is 35.5. The Balaban J connectivity index is 2.33. The van der Waals surface area contributed by atoms with Crippen LogP contribution in [0.25, 0.3) is 0 Å². The van der Waals surface area contributed by atoms with Gasteiger partial charge in [0.05, 0.1) is 15.5 Å². The Bertz CT molecular complexity index is 908. The second-order valence-electron chi connectivity index (χ2n) is 5.11. The molecule has 2 aromatic carbocycles. The molecule has 0 spiro atoms. The zero-order valence-electron chi connectivity index (χ0n) is 13.5. The molecule has 0 saturated heterocycles. The van der Waals surface area contributed by atoms with Crippen LogP contribution < -0.4 is 4.74 Å². The van der Waals surface area contributed by atoms with E-state index in [-0.39, 0.29) is 16.5 Å². The normalized spacial score (nSPS) is 11.4. The third-order valence-electron chi connectivity index (χ3n) is 3.18. The highest BCUT2D eigenvalue weighted by Gasteiger charge is 2.31. The Hall–Kier alpha value is -2.46. The van der Waals surface area contributed by atoms with Gasteiger partial charge in [0.25, 0.3) is 5.69 Å². The SMILES string of the molecule is O=C(OCP(O)O)c1cc(Oc2ccc(C(F)(F)F)cc2Cl)ccc1[N+](=O)[O-]. The first kappa shape index (κ1) is 21.8. The van der Waals surface area contributed by atoms with Crippen LogP contribution in [0.2, 0.25) is 5.02 Å². The Morgan fingerprint density at radius 1 is 1.21 bits per heavy atom. The third kappa shape index (κ3) is 5.52. The number of benzene rings is 2. The van der Waals surface area contributed by atoms with E-state index < -0.39 is 48.6 Å². The van der Waals surface area contributed by atoms with Crippen molar-refractivity contribution in [3.8, 4) is 11.5 Å². The summed E-state index contributed by atoms with van der Waals surface area (Å²) in [6.45, 7) is 0. The van der Waals surface area contributed by atoms with Crippen molar-refractivity contribution in [3.05, 3.63) is 62.7 Å². The Morgan fingerprint density at radius 3 is 2.43 bits per heavy atom. The van der Waals surface area contributed by atoms with Gasteiger partial charge in [0.1, 0.15) is 17.1 Å². The van der Waals surface area contributed by atoms with E-state index in [1.165, 1.54) is 0 Å². The highest BCUT2D eigenvalue weighted by Crippen LogP contribution is 2.37. The van der Waals surface area contributed by atoms with Gasteiger partial charge in [0, 0.05) is 12.1 Å². The number of rotatable bonds is 6. The molecule has 0 aromatic heterocycles. The van der Waals surface area contributed by atoms with Gasteiger partial charge in [-0.25, -0.2) is 4.79 Å². The van der Waals surface area contributed by atoms with Crippen LogP contribution in [0.5, 0.6) is 11.5 Å². The lowest BCUT2D eigenvalue weighted by atomic mass is 10.1. The molecule has 0 heterocycles. The summed E-state index contributed by atoms with van der Waals surface area (Å²) < 4.78 is 47.9. The van der Waals surface area contributed by atoms with E-state index in [0.717, 1.165) is 30.3 Å². The molecule has 0 aliphatic rings. The Labute approximate surface area is 161 Å². The first-order chi connectivity index (χ1) is 13.0. The zero-order chi connectivity index (χ0) is 21.1. The summed E-state index contributed by atoms with van der Waals surface area (Å²) >= 11 is 5.78. The summed E-state index contributed by atoms with van der Waals surface area (Å²) in [6, 6.07) is 5.27. The van der Waals surface area contributed by atoms with Crippen LogP contribution in [0.1, 0.15) is 15.9 Å². The van der Waals surface area contributed by atoms with Gasteiger partial charge in [-0.1, -0.05) is 11.6 Å². The zero-order valence-corrected chi connectivity index (χ0v) is 15.2. The molecule has 8 nitrogen and oxygen atoms in total. The molecule has 0 aliphatic heterocycles. The van der Waals surface area contributed by atoms with Crippen LogP contribution in [0.4, 0.5) is 18.9 Å². The largest absolute Gasteiger partial charge is 0.456 e. The van der Waals surface area contributed by atoms with Crippen LogP contribution in [0, 0.1) is 10.1 Å². The molecular weight excluding hydrogens is 430 g/mol. The number of ether oxygens (including phenoxy) is 2. The van der Waals surface area contributed by atoms with E-state index in [0.29, 0.717) is 6.07 Å². The quantitative estimate of drug-likeness (QED) is 0.295. The van der Waals surface area contributed by atoms with Crippen molar-refractivity contribution in [2.24, 2.45) is 0 Å². The maximum absolute atomic E-state index is 12.7. The van der Waals surface area contributed by atoms with Crippen molar-refractivity contribution in [1.82, 2.24) is 0 Å². The summed E-state index contributed by atoms with van der Waals surface area (Å²) in [5, 5.41) is 10.7. The fraction of sp³-hybridized carbons (Fsp3) is 0.133. The second-order valence-corrected chi connectivity index (χ2v) is 6.52. The van der Waals surface area contributed by atoms with Gasteiger partial charge in [0.2, 0.25) is 8.38 Å². The van der Waals surface area contributed by atoms with Crippen molar-refractivity contribution >= 4 is 31.6 Å². The number of nitro benzene ring substituents is 1. The molecular formula is C15H10ClF3NO7P. The van der Waals surface area contributed by atoms with Crippen LogP contribution in [0.3, 0.4) is 0 Å². The van der Waals surface area contributed by atoms with E-state index in [4.69, 9.17) is 26.1 Å². The summed E-state index contributed by atoms with van der Waals surface area (Å²) in [6.07, 6.45) is -5.37. The van der Waals surface area contributed by atoms with E-state index in [1.54, 1.807) is 0 Å². The molecule has 0 fully saturated rings. The van der Waals surface area contributed by atoms with Crippen LogP contribution in [0.15, 0.2) is 36.4 Å². The van der Waals surface area contributed by atoms with Gasteiger partial charge < -0.3 is 19.3 Å². The highest BCUT2D eigenvalue weighted by molar-refractivity contribution is 7.44. The summed E-state index contributed by atoms with van der Waals surface area (Å²) in [7, 11) is -2.57. The summed E-state index contributed by atoms with van der Waals surface area (Å²) in [4.78, 5) is 39.7. The first-order valence-corrected chi connectivity index (χ1v) is 8.95. The maximum Gasteiger partial charge on any atom is 0.416 e. The third-order valence-corrected chi connectivity index (χ3v) is 3.84. The lowest BCUT2D eigenvalue weighted by Gasteiger charge is -2.12. The molecule has 2 rings (SSSR count). The van der Waals surface area contributed by atoms with Crippen LogP contribution >= 0.6 is 20.0 Å². The number of nitrogens with zero attached hydrogens (tertiary/aromatic N) is 1. The minimum atomic E-state index is -4.61. The predicted molar refractivity (Wildman–Crippen MR) is 91.3 cm³/mol. The molecule has 0 unspecified atom stereocenters. The fourth-order valence-corrected chi connectivity index (χ4v) is 2.43. The van der Waals surface area contributed by atoms with Crippen molar-refractivity contribution in [3.63, 3.8) is 0 Å². The molecule has 0 atom stereocenters. The number of carbonyl (C=O) groups is 1. The molecule has 0 saturated carbocycles. The van der Waals surface area contributed by atoms with Crippen molar-refractivity contribution < 1.29 is 42.1 Å². The summed E-state index contributed by atoms with van der Waals surface area (Å²) in [5.74, 6) is -1.54. The lowest BCUT2D eigenvalue weighted by Crippen LogP contribution is -2.09. The second kappa shape index (κ2) is 8.70. The predicted octanol–water partition coefficient (Wildman–Crippen LogP) is 4.47. The number of carbonyl (C=O) groups excluding carboxylic acids is 1. The number of esters is 1. The monoisotopic (exact) mass is 439 g/mol. The smallest absolute Gasteiger partial charge is 0.416 e. The van der Waals surface area contributed by atoms with Gasteiger partial charge in [-0.15, -0.1) is 0 Å². The number of nitro groups is 1.